The predicted octanol–water partition coefficient (Wildman–Crippen LogP) is 5.92. The lowest BCUT2D eigenvalue weighted by Gasteiger charge is -2.07. The van der Waals surface area contributed by atoms with Crippen molar-refractivity contribution in [3.05, 3.63) is 62.5 Å². The summed E-state index contributed by atoms with van der Waals surface area (Å²) in [6.07, 6.45) is 0. The molecule has 3 rings (SSSR count). The van der Waals surface area contributed by atoms with Gasteiger partial charge in [0.15, 0.2) is 10.9 Å². The summed E-state index contributed by atoms with van der Waals surface area (Å²) in [5, 5.41) is 12.0. The lowest BCUT2D eigenvalue weighted by atomic mass is 10.2. The van der Waals surface area contributed by atoms with Crippen LogP contribution in [0.3, 0.4) is 0 Å². The Morgan fingerprint density at radius 1 is 1.19 bits per heavy atom. The van der Waals surface area contributed by atoms with E-state index in [-0.39, 0.29) is 12.5 Å². The van der Waals surface area contributed by atoms with Crippen LogP contribution in [0.2, 0.25) is 10.0 Å². The number of aromatic nitrogens is 2. The molecular weight excluding hydrogens is 493 g/mol. The van der Waals surface area contributed by atoms with E-state index in [9.17, 15) is 4.79 Å². The first kappa shape index (κ1) is 20.4. The molecule has 0 aliphatic rings. The van der Waals surface area contributed by atoms with Crippen LogP contribution in [0, 0.1) is 0 Å². The first-order valence-corrected chi connectivity index (χ1v) is 10.9. The summed E-state index contributed by atoms with van der Waals surface area (Å²) in [6.45, 7) is -0.192. The number of carbonyl (C=O) groups excluding carboxylic acids is 1. The molecule has 0 aliphatic carbocycles. The van der Waals surface area contributed by atoms with E-state index in [2.05, 4.69) is 31.4 Å². The standard InChI is InChI=1S/C17H12BrCl2N3O2S2/c18-11-3-1-10(2-4-11)9-26-17-23-22-16(27-17)21-15(24)8-25-14-6-5-12(19)7-13(14)20/h1-7H,8-9H2,(H,21,22,24). The Bertz CT molecular complexity index is 938. The first-order chi connectivity index (χ1) is 13.0. The summed E-state index contributed by atoms with van der Waals surface area (Å²) in [5.41, 5.74) is 1.18. The molecular formula is C17H12BrCl2N3O2S2. The summed E-state index contributed by atoms with van der Waals surface area (Å²) in [6, 6.07) is 12.9. The van der Waals surface area contributed by atoms with Gasteiger partial charge in [-0.1, -0.05) is 74.4 Å². The van der Waals surface area contributed by atoms with Gasteiger partial charge in [0.2, 0.25) is 5.13 Å². The summed E-state index contributed by atoms with van der Waals surface area (Å²) in [4.78, 5) is 12.0. The van der Waals surface area contributed by atoms with E-state index < -0.39 is 0 Å². The van der Waals surface area contributed by atoms with E-state index in [1.807, 2.05) is 24.3 Å². The second-order valence-electron chi connectivity index (χ2n) is 5.20. The zero-order valence-electron chi connectivity index (χ0n) is 13.6. The summed E-state index contributed by atoms with van der Waals surface area (Å²) in [5.74, 6) is 0.814. The number of carbonyl (C=O) groups is 1. The average Bonchev–Trinajstić information content (AvgIpc) is 3.08. The van der Waals surface area contributed by atoms with Crippen LogP contribution in [0.4, 0.5) is 5.13 Å². The van der Waals surface area contributed by atoms with Gasteiger partial charge in [0.25, 0.3) is 5.91 Å². The van der Waals surface area contributed by atoms with Crippen molar-refractivity contribution in [3.63, 3.8) is 0 Å². The van der Waals surface area contributed by atoms with Crippen LogP contribution >= 0.6 is 62.2 Å². The molecule has 10 heteroatoms. The fourth-order valence-corrected chi connectivity index (χ4v) is 4.39. The number of hydrogen-bond acceptors (Lipinski definition) is 6. The van der Waals surface area contributed by atoms with Crippen molar-refractivity contribution in [1.29, 1.82) is 0 Å². The number of amides is 1. The molecule has 1 aromatic heterocycles. The molecule has 1 N–H and O–H groups in total. The normalized spacial score (nSPS) is 10.6. The highest BCUT2D eigenvalue weighted by atomic mass is 79.9. The summed E-state index contributed by atoms with van der Waals surface area (Å²) < 4.78 is 7.21. The number of hydrogen-bond donors (Lipinski definition) is 1. The maximum atomic E-state index is 12.0. The van der Waals surface area contributed by atoms with Gasteiger partial charge >= 0.3 is 0 Å². The fourth-order valence-electron chi connectivity index (χ4n) is 1.94. The minimum Gasteiger partial charge on any atom is -0.482 e. The molecule has 0 spiro atoms. The van der Waals surface area contributed by atoms with Crippen LogP contribution in [0.25, 0.3) is 0 Å². The van der Waals surface area contributed by atoms with Gasteiger partial charge in [0, 0.05) is 15.2 Å². The molecule has 0 atom stereocenters. The Kier molecular flexibility index (Phi) is 7.37. The smallest absolute Gasteiger partial charge is 0.264 e. The van der Waals surface area contributed by atoms with Crippen LogP contribution in [0.1, 0.15) is 5.56 Å². The third kappa shape index (κ3) is 6.36. The van der Waals surface area contributed by atoms with Gasteiger partial charge < -0.3 is 4.74 Å². The Morgan fingerprint density at radius 2 is 1.96 bits per heavy atom. The van der Waals surface area contributed by atoms with E-state index in [0.717, 1.165) is 14.6 Å². The predicted molar refractivity (Wildman–Crippen MR) is 114 cm³/mol. The molecule has 27 heavy (non-hydrogen) atoms. The van der Waals surface area contributed by atoms with Crippen molar-refractivity contribution in [2.24, 2.45) is 0 Å². The number of thioether (sulfide) groups is 1. The zero-order valence-corrected chi connectivity index (χ0v) is 18.3. The minimum atomic E-state index is -0.346. The van der Waals surface area contributed by atoms with E-state index in [1.54, 1.807) is 30.0 Å². The maximum absolute atomic E-state index is 12.0. The number of benzene rings is 2. The van der Waals surface area contributed by atoms with E-state index in [4.69, 9.17) is 27.9 Å². The molecule has 0 saturated heterocycles. The monoisotopic (exact) mass is 503 g/mol. The van der Waals surface area contributed by atoms with Crippen molar-refractivity contribution in [3.8, 4) is 5.75 Å². The molecule has 3 aromatic rings. The molecule has 5 nitrogen and oxygen atoms in total. The largest absolute Gasteiger partial charge is 0.482 e. The number of anilines is 1. The molecule has 0 radical (unpaired) electrons. The highest BCUT2D eigenvalue weighted by molar-refractivity contribution is 9.10. The van der Waals surface area contributed by atoms with E-state index >= 15 is 0 Å². The SMILES string of the molecule is O=C(COc1ccc(Cl)cc1Cl)Nc1nnc(SCc2ccc(Br)cc2)s1. The second-order valence-corrected chi connectivity index (χ2v) is 9.16. The van der Waals surface area contributed by atoms with Gasteiger partial charge in [0.05, 0.1) is 5.02 Å². The van der Waals surface area contributed by atoms with Gasteiger partial charge in [-0.15, -0.1) is 10.2 Å². The highest BCUT2D eigenvalue weighted by Gasteiger charge is 2.11. The lowest BCUT2D eigenvalue weighted by Crippen LogP contribution is -2.20. The van der Waals surface area contributed by atoms with E-state index in [1.165, 1.54) is 16.9 Å². The Labute approximate surface area is 182 Å². The van der Waals surface area contributed by atoms with Gasteiger partial charge in [0.1, 0.15) is 5.75 Å². The lowest BCUT2D eigenvalue weighted by molar-refractivity contribution is -0.118. The van der Waals surface area contributed by atoms with Crippen LogP contribution in [-0.4, -0.2) is 22.7 Å². The van der Waals surface area contributed by atoms with Crippen LogP contribution in [-0.2, 0) is 10.5 Å². The molecule has 0 saturated carbocycles. The van der Waals surface area contributed by atoms with Crippen molar-refractivity contribution < 1.29 is 9.53 Å². The summed E-state index contributed by atoms with van der Waals surface area (Å²) in [7, 11) is 0. The zero-order chi connectivity index (χ0) is 19.2. The van der Waals surface area contributed by atoms with Crippen LogP contribution in [0.5, 0.6) is 5.75 Å². The molecule has 0 aliphatic heterocycles. The highest BCUT2D eigenvalue weighted by Crippen LogP contribution is 2.29. The van der Waals surface area contributed by atoms with Gasteiger partial charge in [-0.25, -0.2) is 0 Å². The number of halogens is 3. The van der Waals surface area contributed by atoms with Crippen LogP contribution < -0.4 is 10.1 Å². The fraction of sp³-hybridized carbons (Fsp3) is 0.118. The number of nitrogens with one attached hydrogen (secondary N) is 1. The maximum Gasteiger partial charge on any atom is 0.264 e. The molecule has 1 amide bonds. The Morgan fingerprint density at radius 3 is 2.70 bits per heavy atom. The number of rotatable bonds is 7. The number of nitrogens with zero attached hydrogens (tertiary/aromatic N) is 2. The van der Waals surface area contributed by atoms with E-state index in [0.29, 0.717) is 20.9 Å². The quantitative estimate of drug-likeness (QED) is 0.319. The minimum absolute atomic E-state index is 0.192. The van der Waals surface area contributed by atoms with Crippen molar-refractivity contribution in [1.82, 2.24) is 10.2 Å². The molecule has 1 heterocycles. The average molecular weight is 505 g/mol. The van der Waals surface area contributed by atoms with Crippen molar-refractivity contribution in [2.45, 2.75) is 10.1 Å². The Balaban J connectivity index is 1.48. The van der Waals surface area contributed by atoms with Crippen molar-refractivity contribution in [2.75, 3.05) is 11.9 Å². The summed E-state index contributed by atoms with van der Waals surface area (Å²) >= 11 is 18.1. The molecule has 0 fully saturated rings. The second kappa shape index (κ2) is 9.75. The molecule has 0 bridgehead atoms. The topological polar surface area (TPSA) is 64.1 Å². The first-order valence-electron chi connectivity index (χ1n) is 7.58. The third-order valence-electron chi connectivity index (χ3n) is 3.18. The molecule has 140 valence electrons. The molecule has 0 unspecified atom stereocenters. The Hall–Kier alpha value is -1.32. The van der Waals surface area contributed by atoms with Gasteiger partial charge in [-0.05, 0) is 35.9 Å². The molecule has 2 aromatic carbocycles. The van der Waals surface area contributed by atoms with Gasteiger partial charge in [-0.3, -0.25) is 10.1 Å². The third-order valence-corrected chi connectivity index (χ3v) is 6.28. The van der Waals surface area contributed by atoms with Gasteiger partial charge in [-0.2, -0.15) is 0 Å². The van der Waals surface area contributed by atoms with Crippen molar-refractivity contribution >= 4 is 73.3 Å². The number of ether oxygens (including phenoxy) is 1. The van der Waals surface area contributed by atoms with Crippen LogP contribution in [0.15, 0.2) is 51.3 Å².